The summed E-state index contributed by atoms with van der Waals surface area (Å²) >= 11 is 0. The molecule has 0 bridgehead atoms. The SMILES string of the molecule is NNC(=O)NC1CC2C(C1)C2(F)F. The summed E-state index contributed by atoms with van der Waals surface area (Å²) in [5.41, 5.74) is 1.90. The highest BCUT2D eigenvalue weighted by molar-refractivity contribution is 5.73. The monoisotopic (exact) mass is 191 g/mol. The van der Waals surface area contributed by atoms with Crippen LogP contribution in [0.2, 0.25) is 0 Å². The first-order valence-electron chi connectivity index (χ1n) is 4.20. The summed E-state index contributed by atoms with van der Waals surface area (Å²) in [5.74, 6) is 1.33. The Morgan fingerprint density at radius 3 is 2.38 bits per heavy atom. The standard InChI is InChI=1S/C7H11F2N3O/c8-7(9)4-1-3(2-5(4)7)11-6(13)12-10/h3-5H,1-2,10H2,(H2,11,12,13). The number of halogens is 2. The van der Waals surface area contributed by atoms with Gasteiger partial charge in [-0.3, -0.25) is 5.43 Å². The van der Waals surface area contributed by atoms with Crippen LogP contribution in [0.15, 0.2) is 0 Å². The van der Waals surface area contributed by atoms with Gasteiger partial charge in [-0.15, -0.1) is 0 Å². The third-order valence-corrected chi connectivity index (χ3v) is 2.91. The van der Waals surface area contributed by atoms with Crippen molar-refractivity contribution in [2.75, 3.05) is 0 Å². The van der Waals surface area contributed by atoms with Crippen molar-refractivity contribution in [1.82, 2.24) is 10.7 Å². The molecule has 4 nitrogen and oxygen atoms in total. The molecule has 2 atom stereocenters. The fourth-order valence-electron chi connectivity index (χ4n) is 2.16. The van der Waals surface area contributed by atoms with Crippen molar-refractivity contribution >= 4 is 6.03 Å². The number of hydrazine groups is 1. The van der Waals surface area contributed by atoms with Gasteiger partial charge in [0, 0.05) is 17.9 Å². The van der Waals surface area contributed by atoms with Crippen LogP contribution in [0.1, 0.15) is 12.8 Å². The lowest BCUT2D eigenvalue weighted by Crippen LogP contribution is -2.45. The van der Waals surface area contributed by atoms with Crippen LogP contribution >= 0.6 is 0 Å². The van der Waals surface area contributed by atoms with Gasteiger partial charge in [-0.1, -0.05) is 0 Å². The number of carbonyl (C=O) groups excluding carboxylic acids is 1. The molecule has 2 unspecified atom stereocenters. The van der Waals surface area contributed by atoms with Crippen molar-refractivity contribution in [1.29, 1.82) is 0 Å². The van der Waals surface area contributed by atoms with Crippen LogP contribution in [0.25, 0.3) is 0 Å². The van der Waals surface area contributed by atoms with Crippen LogP contribution in [0.3, 0.4) is 0 Å². The van der Waals surface area contributed by atoms with Gasteiger partial charge in [-0.2, -0.15) is 0 Å². The number of carbonyl (C=O) groups is 1. The topological polar surface area (TPSA) is 67.1 Å². The van der Waals surface area contributed by atoms with E-state index in [0.717, 1.165) is 0 Å². The van der Waals surface area contributed by atoms with E-state index in [0.29, 0.717) is 12.8 Å². The highest BCUT2D eigenvalue weighted by Gasteiger charge is 2.71. The Hall–Kier alpha value is -0.910. The Balaban J connectivity index is 1.81. The molecule has 0 spiro atoms. The van der Waals surface area contributed by atoms with Crippen molar-refractivity contribution < 1.29 is 13.6 Å². The first kappa shape index (κ1) is 8.68. The lowest BCUT2D eigenvalue weighted by molar-refractivity contribution is 0.0679. The van der Waals surface area contributed by atoms with Gasteiger partial charge in [0.1, 0.15) is 0 Å². The Kier molecular flexibility index (Phi) is 1.69. The predicted octanol–water partition coefficient (Wildman–Crippen LogP) is 0.203. The zero-order chi connectivity index (χ0) is 9.64. The van der Waals surface area contributed by atoms with E-state index in [1.165, 1.54) is 0 Å². The summed E-state index contributed by atoms with van der Waals surface area (Å²) in [7, 11) is 0. The van der Waals surface area contributed by atoms with E-state index in [1.54, 1.807) is 0 Å². The average Bonchev–Trinajstić information content (AvgIpc) is 2.54. The van der Waals surface area contributed by atoms with Crippen molar-refractivity contribution in [3.8, 4) is 0 Å². The Labute approximate surface area is 73.8 Å². The summed E-state index contributed by atoms with van der Waals surface area (Å²) in [6.45, 7) is 0. The molecule has 0 aromatic heterocycles. The minimum atomic E-state index is -2.47. The molecule has 2 aliphatic rings. The maximum Gasteiger partial charge on any atom is 0.329 e. The lowest BCUT2D eigenvalue weighted by Gasteiger charge is -2.15. The molecule has 6 heteroatoms. The van der Waals surface area contributed by atoms with E-state index < -0.39 is 23.8 Å². The van der Waals surface area contributed by atoms with Crippen LogP contribution in [-0.2, 0) is 0 Å². The molecule has 13 heavy (non-hydrogen) atoms. The molecule has 0 aromatic rings. The summed E-state index contributed by atoms with van der Waals surface area (Å²) < 4.78 is 25.4. The average molecular weight is 191 g/mol. The fraction of sp³-hybridized carbons (Fsp3) is 0.857. The number of fused-ring (bicyclic) bond motifs is 1. The number of hydrogen-bond acceptors (Lipinski definition) is 2. The molecule has 74 valence electrons. The predicted molar refractivity (Wildman–Crippen MR) is 40.8 cm³/mol. The number of nitrogens with two attached hydrogens (primary N) is 1. The molecule has 2 rings (SSSR count). The van der Waals surface area contributed by atoms with Gasteiger partial charge in [-0.25, -0.2) is 19.4 Å². The summed E-state index contributed by atoms with van der Waals surface area (Å²) in [6.07, 6.45) is 0.732. The minimum absolute atomic E-state index is 0.141. The van der Waals surface area contributed by atoms with Crippen molar-refractivity contribution in [3.05, 3.63) is 0 Å². The maximum absolute atomic E-state index is 12.7. The Morgan fingerprint density at radius 1 is 1.38 bits per heavy atom. The molecule has 0 saturated heterocycles. The number of amides is 2. The van der Waals surface area contributed by atoms with E-state index in [2.05, 4.69) is 5.32 Å². The van der Waals surface area contributed by atoms with Crippen LogP contribution < -0.4 is 16.6 Å². The van der Waals surface area contributed by atoms with E-state index in [9.17, 15) is 13.6 Å². The smallest absolute Gasteiger partial charge is 0.329 e. The zero-order valence-electron chi connectivity index (χ0n) is 6.89. The molecule has 2 amide bonds. The van der Waals surface area contributed by atoms with Crippen molar-refractivity contribution in [2.45, 2.75) is 24.8 Å². The minimum Gasteiger partial charge on any atom is -0.334 e. The van der Waals surface area contributed by atoms with Crippen LogP contribution in [0.4, 0.5) is 13.6 Å². The molecule has 0 heterocycles. The maximum atomic E-state index is 12.7. The van der Waals surface area contributed by atoms with E-state index in [1.807, 2.05) is 5.43 Å². The largest absolute Gasteiger partial charge is 0.334 e. The first-order chi connectivity index (χ1) is 6.05. The number of alkyl halides is 2. The van der Waals surface area contributed by atoms with Gasteiger partial charge in [0.05, 0.1) is 0 Å². The van der Waals surface area contributed by atoms with Crippen LogP contribution in [-0.4, -0.2) is 18.0 Å². The van der Waals surface area contributed by atoms with Gasteiger partial charge in [0.15, 0.2) is 0 Å². The third kappa shape index (κ3) is 1.25. The lowest BCUT2D eigenvalue weighted by atomic mass is 10.1. The number of hydrogen-bond donors (Lipinski definition) is 3. The van der Waals surface area contributed by atoms with Crippen LogP contribution in [0, 0.1) is 11.8 Å². The zero-order valence-corrected chi connectivity index (χ0v) is 6.89. The van der Waals surface area contributed by atoms with Crippen molar-refractivity contribution in [3.63, 3.8) is 0 Å². The van der Waals surface area contributed by atoms with E-state index >= 15 is 0 Å². The highest BCUT2D eigenvalue weighted by atomic mass is 19.3. The van der Waals surface area contributed by atoms with Gasteiger partial charge in [-0.05, 0) is 12.8 Å². The van der Waals surface area contributed by atoms with Gasteiger partial charge in [0.2, 0.25) is 0 Å². The molecule has 0 aliphatic heterocycles. The van der Waals surface area contributed by atoms with Gasteiger partial charge < -0.3 is 5.32 Å². The molecular weight excluding hydrogens is 180 g/mol. The third-order valence-electron chi connectivity index (χ3n) is 2.91. The molecular formula is C7H11F2N3O. The van der Waals surface area contributed by atoms with Crippen molar-refractivity contribution in [2.24, 2.45) is 17.7 Å². The van der Waals surface area contributed by atoms with E-state index in [-0.39, 0.29) is 6.04 Å². The van der Waals surface area contributed by atoms with Crippen LogP contribution in [0.5, 0.6) is 0 Å². The second kappa shape index (κ2) is 2.54. The number of nitrogens with one attached hydrogen (secondary N) is 2. The number of urea groups is 1. The Bertz CT molecular complexity index is 232. The highest BCUT2D eigenvalue weighted by Crippen LogP contribution is 2.63. The summed E-state index contributed by atoms with van der Waals surface area (Å²) in [5, 5.41) is 2.52. The quantitative estimate of drug-likeness (QED) is 0.315. The fourth-order valence-corrected chi connectivity index (χ4v) is 2.16. The van der Waals surface area contributed by atoms with Gasteiger partial charge >= 0.3 is 6.03 Å². The van der Waals surface area contributed by atoms with E-state index in [4.69, 9.17) is 5.84 Å². The summed E-state index contributed by atoms with van der Waals surface area (Å²) in [4.78, 5) is 10.7. The second-order valence-electron chi connectivity index (χ2n) is 3.67. The molecule has 0 aromatic carbocycles. The first-order valence-corrected chi connectivity index (χ1v) is 4.20. The normalized spacial score (nSPS) is 39.5. The molecule has 2 aliphatic carbocycles. The van der Waals surface area contributed by atoms with Gasteiger partial charge in [0.25, 0.3) is 5.92 Å². The number of rotatable bonds is 1. The molecule has 0 radical (unpaired) electrons. The molecule has 2 fully saturated rings. The second-order valence-corrected chi connectivity index (χ2v) is 3.67. The summed E-state index contributed by atoms with van der Waals surface area (Å²) in [6, 6.07) is -0.646. The Morgan fingerprint density at radius 2 is 1.92 bits per heavy atom. The molecule has 4 N–H and O–H groups in total. The molecule has 2 saturated carbocycles.